The minimum Gasteiger partial charge on any atom is -0.465 e. The van der Waals surface area contributed by atoms with Gasteiger partial charge in [-0.15, -0.1) is 0 Å². The molecule has 3 rings (SSSR count). The summed E-state index contributed by atoms with van der Waals surface area (Å²) in [5.74, 6) is -1.06. The van der Waals surface area contributed by atoms with Gasteiger partial charge in [0.15, 0.2) is 0 Å². The molecule has 4 N–H and O–H groups in total. The van der Waals surface area contributed by atoms with E-state index in [0.717, 1.165) is 5.69 Å². The van der Waals surface area contributed by atoms with E-state index in [-0.39, 0.29) is 28.5 Å². The average Bonchev–Trinajstić information content (AvgIpc) is 3.34. The first kappa shape index (κ1) is 28.0. The smallest absolute Gasteiger partial charge is 0.339 e. The van der Waals surface area contributed by atoms with E-state index in [0.29, 0.717) is 20.3 Å². The van der Waals surface area contributed by atoms with Crippen molar-refractivity contribution < 1.29 is 27.8 Å². The average molecular weight is 600 g/mol. The molecule has 11 heteroatoms. The fourth-order valence-electron chi connectivity index (χ4n) is 3.26. The van der Waals surface area contributed by atoms with Gasteiger partial charge in [-0.2, -0.15) is 5.10 Å². The number of benzene rings is 2. The zero-order valence-electron chi connectivity index (χ0n) is 19.8. The van der Waals surface area contributed by atoms with Gasteiger partial charge in [0.1, 0.15) is 13.3 Å². The number of ether oxygens (including phenoxy) is 2. The Morgan fingerprint density at radius 3 is 1.97 bits per heavy atom. The maximum Gasteiger partial charge on any atom is 0.339 e. The first-order valence-corrected chi connectivity index (χ1v) is 11.5. The molecule has 0 spiro atoms. The van der Waals surface area contributed by atoms with E-state index in [1.165, 1.54) is 32.4 Å². The highest BCUT2D eigenvalue weighted by atomic mass is 127. The van der Waals surface area contributed by atoms with Crippen molar-refractivity contribution in [3.63, 3.8) is 0 Å². The van der Waals surface area contributed by atoms with Crippen LogP contribution < -0.4 is 11.5 Å². The molecule has 188 valence electrons. The molecule has 0 saturated heterocycles. The zero-order chi connectivity index (χ0) is 26.3. The Morgan fingerprint density at radius 1 is 0.971 bits per heavy atom. The van der Waals surface area contributed by atoms with E-state index in [9.17, 15) is 18.4 Å². The molecule has 1 aromatic heterocycles. The number of carbonyl (C=O) groups is 2. The molecule has 0 bridgehead atoms. The minimum atomic E-state index is -0.676. The Hall–Kier alpha value is -3.22. The summed E-state index contributed by atoms with van der Waals surface area (Å²) in [6.45, 7) is 2.68. The summed E-state index contributed by atoms with van der Waals surface area (Å²) in [4.78, 5) is 22.9. The number of carbonyl (C=O) groups excluding carboxylic acids is 2. The van der Waals surface area contributed by atoms with Crippen LogP contribution in [0.3, 0.4) is 0 Å². The lowest BCUT2D eigenvalue weighted by atomic mass is 10.00. The number of alkyl halides is 2. The number of nitrogens with zero attached hydrogens (tertiary/aromatic N) is 2. The summed E-state index contributed by atoms with van der Waals surface area (Å²) in [6, 6.07) is 7.91. The second-order valence-corrected chi connectivity index (χ2v) is 8.79. The number of hydrogen-bond donors (Lipinski definition) is 2. The lowest BCUT2D eigenvalue weighted by Crippen LogP contribution is -2.09. The van der Waals surface area contributed by atoms with Gasteiger partial charge in [0.25, 0.3) is 0 Å². The third-order valence-electron chi connectivity index (χ3n) is 5.03. The second-order valence-electron chi connectivity index (χ2n) is 7.63. The van der Waals surface area contributed by atoms with Crippen molar-refractivity contribution in [1.29, 1.82) is 0 Å². The number of anilines is 2. The maximum absolute atomic E-state index is 13.3. The van der Waals surface area contributed by atoms with Crippen LogP contribution in [0.1, 0.15) is 51.7 Å². The molecule has 0 saturated carbocycles. The number of halogens is 3. The zero-order valence-corrected chi connectivity index (χ0v) is 21.9. The molecule has 0 atom stereocenters. The Kier molecular flexibility index (Phi) is 9.99. The van der Waals surface area contributed by atoms with Crippen molar-refractivity contribution in [3.8, 4) is 11.3 Å². The Balaban J connectivity index is 0.000000269. The maximum atomic E-state index is 13.3. The summed E-state index contributed by atoms with van der Waals surface area (Å²) in [6.07, 6.45) is 1.64. The van der Waals surface area contributed by atoms with E-state index >= 15 is 0 Å². The van der Waals surface area contributed by atoms with Crippen molar-refractivity contribution in [3.05, 3.63) is 62.4 Å². The number of nitrogens with two attached hydrogens (primary N) is 2. The van der Waals surface area contributed by atoms with E-state index in [1.807, 2.05) is 36.4 Å². The molecule has 0 aliphatic carbocycles. The molecular formula is C24H27F2IN4O4. The monoisotopic (exact) mass is 600 g/mol. The largest absolute Gasteiger partial charge is 0.465 e. The summed E-state index contributed by atoms with van der Waals surface area (Å²) in [7, 11) is 2.56. The van der Waals surface area contributed by atoms with Crippen LogP contribution in [0.2, 0.25) is 0 Å². The number of hydrogen-bond acceptors (Lipinski definition) is 7. The van der Waals surface area contributed by atoms with Crippen LogP contribution in [-0.2, 0) is 22.8 Å². The van der Waals surface area contributed by atoms with Crippen LogP contribution in [0, 0.1) is 3.57 Å². The molecule has 1 heterocycles. The third kappa shape index (κ3) is 6.47. The van der Waals surface area contributed by atoms with Crippen LogP contribution >= 0.6 is 22.6 Å². The van der Waals surface area contributed by atoms with Gasteiger partial charge in [-0.3, -0.25) is 4.68 Å². The van der Waals surface area contributed by atoms with Gasteiger partial charge in [0, 0.05) is 32.7 Å². The van der Waals surface area contributed by atoms with Crippen LogP contribution in [0.5, 0.6) is 0 Å². The Labute approximate surface area is 215 Å². The van der Waals surface area contributed by atoms with Crippen molar-refractivity contribution in [2.75, 3.05) is 25.7 Å². The van der Waals surface area contributed by atoms with Crippen LogP contribution in [0.15, 0.2) is 36.5 Å². The van der Waals surface area contributed by atoms with Gasteiger partial charge < -0.3 is 20.9 Å². The number of aromatic nitrogens is 2. The lowest BCUT2D eigenvalue weighted by molar-refractivity contribution is 0.0593. The highest BCUT2D eigenvalue weighted by molar-refractivity contribution is 14.1. The highest BCUT2D eigenvalue weighted by Gasteiger charge is 2.18. The van der Waals surface area contributed by atoms with Gasteiger partial charge in [0.05, 0.1) is 31.0 Å². The molecule has 2 aromatic carbocycles. The molecule has 0 amide bonds. The molecule has 3 aromatic rings. The van der Waals surface area contributed by atoms with Crippen LogP contribution in [0.4, 0.5) is 20.2 Å². The normalized spacial score (nSPS) is 10.5. The molecule has 0 aliphatic heterocycles. The molecule has 0 fully saturated rings. The topological polar surface area (TPSA) is 122 Å². The van der Waals surface area contributed by atoms with E-state index in [2.05, 4.69) is 9.84 Å². The molecular weight excluding hydrogens is 573 g/mol. The van der Waals surface area contributed by atoms with Gasteiger partial charge >= 0.3 is 11.9 Å². The molecule has 8 nitrogen and oxygen atoms in total. The predicted octanol–water partition coefficient (Wildman–Crippen LogP) is 5.10. The van der Waals surface area contributed by atoms with Gasteiger partial charge in [-0.05, 0) is 77.9 Å². The van der Waals surface area contributed by atoms with Gasteiger partial charge in [0.2, 0.25) is 0 Å². The highest BCUT2D eigenvalue weighted by Crippen LogP contribution is 2.31. The molecule has 0 radical (unpaired) electrons. The number of esters is 2. The summed E-state index contributed by atoms with van der Waals surface area (Å²) < 4.78 is 37.4. The first-order valence-electron chi connectivity index (χ1n) is 10.4. The summed E-state index contributed by atoms with van der Waals surface area (Å²) in [5.41, 5.74) is 14.5. The molecule has 0 unspecified atom stereocenters. The molecule has 35 heavy (non-hydrogen) atoms. The van der Waals surface area contributed by atoms with Crippen molar-refractivity contribution in [1.82, 2.24) is 9.78 Å². The second kappa shape index (κ2) is 12.5. The number of methoxy groups -OCH3 is 2. The van der Waals surface area contributed by atoms with E-state index < -0.39 is 25.3 Å². The van der Waals surface area contributed by atoms with E-state index in [4.69, 9.17) is 16.2 Å². The Bertz CT molecular complexity index is 1210. The summed E-state index contributed by atoms with van der Waals surface area (Å²) >= 11 is 1.95. The van der Waals surface area contributed by atoms with Crippen molar-refractivity contribution >= 4 is 45.9 Å². The number of rotatable bonds is 6. The predicted molar refractivity (Wildman–Crippen MR) is 138 cm³/mol. The van der Waals surface area contributed by atoms with Crippen molar-refractivity contribution in [2.45, 2.75) is 33.2 Å². The fraction of sp³-hybridized carbons (Fsp3) is 0.292. The molecule has 0 aliphatic rings. The van der Waals surface area contributed by atoms with Gasteiger partial charge in [-0.25, -0.2) is 18.4 Å². The van der Waals surface area contributed by atoms with Crippen LogP contribution in [0.25, 0.3) is 11.3 Å². The standard InChI is InChI=1S/C15H18FN3O2.C9H9FINO2/c1-9(2)19-14(4-5-18-19)11-7-12(15(20)21-3)13(17)6-10(11)8-16;1-14-9(13)6-3-7(11)5(4-10)2-8(6)12/h4-7,9H,8,17H2,1-3H3;2-3H,4,12H2,1H3. The van der Waals surface area contributed by atoms with E-state index in [1.54, 1.807) is 23.0 Å². The fourth-order valence-corrected chi connectivity index (χ4v) is 3.88. The Morgan fingerprint density at radius 2 is 1.49 bits per heavy atom. The summed E-state index contributed by atoms with van der Waals surface area (Å²) in [5, 5.41) is 4.23. The first-order chi connectivity index (χ1) is 16.6. The quantitative estimate of drug-likeness (QED) is 0.229. The van der Waals surface area contributed by atoms with Gasteiger partial charge in [-0.1, -0.05) is 0 Å². The lowest BCUT2D eigenvalue weighted by Gasteiger charge is -2.15. The van der Waals surface area contributed by atoms with Crippen LogP contribution in [-0.4, -0.2) is 35.9 Å². The third-order valence-corrected chi connectivity index (χ3v) is 6.03. The van der Waals surface area contributed by atoms with Crippen molar-refractivity contribution in [2.24, 2.45) is 0 Å². The SMILES string of the molecule is COC(=O)c1cc(-c2ccnn2C(C)C)c(CF)cc1N.COC(=O)c1cc(I)c(CF)cc1N. The number of nitrogen functional groups attached to an aromatic ring is 2. The minimum absolute atomic E-state index is 0.113.